The van der Waals surface area contributed by atoms with E-state index < -0.39 is 0 Å². The van der Waals surface area contributed by atoms with Crippen LogP contribution in [0.1, 0.15) is 30.6 Å². The zero-order chi connectivity index (χ0) is 12.0. The predicted octanol–water partition coefficient (Wildman–Crippen LogP) is 2.06. The van der Waals surface area contributed by atoms with Crippen molar-refractivity contribution < 1.29 is 4.79 Å². The van der Waals surface area contributed by atoms with Gasteiger partial charge in [0.05, 0.1) is 0 Å². The Labute approximate surface area is 97.2 Å². The van der Waals surface area contributed by atoms with Gasteiger partial charge in [-0.15, -0.1) is 0 Å². The molecule has 0 aromatic heterocycles. The van der Waals surface area contributed by atoms with E-state index in [0.29, 0.717) is 13.0 Å². The molecular weight excluding hydrogens is 200 g/mol. The minimum Gasteiger partial charge on any atom is -0.372 e. The highest BCUT2D eigenvalue weighted by atomic mass is 16.1. The predicted molar refractivity (Wildman–Crippen MR) is 68.0 cm³/mol. The van der Waals surface area contributed by atoms with Crippen molar-refractivity contribution >= 4 is 11.5 Å². The summed E-state index contributed by atoms with van der Waals surface area (Å²) >= 11 is 0. The number of nitrogens with two attached hydrogens (primary N) is 1. The van der Waals surface area contributed by atoms with E-state index in [1.807, 2.05) is 24.3 Å². The quantitative estimate of drug-likeness (QED) is 0.746. The van der Waals surface area contributed by atoms with Crippen molar-refractivity contribution in [2.75, 3.05) is 24.5 Å². The van der Waals surface area contributed by atoms with E-state index in [2.05, 4.69) is 18.7 Å². The van der Waals surface area contributed by atoms with Gasteiger partial charge in [0, 0.05) is 30.8 Å². The molecule has 0 aliphatic carbocycles. The van der Waals surface area contributed by atoms with Gasteiger partial charge in [0.1, 0.15) is 0 Å². The van der Waals surface area contributed by atoms with Gasteiger partial charge in [-0.3, -0.25) is 4.79 Å². The van der Waals surface area contributed by atoms with E-state index in [9.17, 15) is 4.79 Å². The van der Waals surface area contributed by atoms with Crippen molar-refractivity contribution in [3.05, 3.63) is 29.8 Å². The highest BCUT2D eigenvalue weighted by Gasteiger charge is 2.07. The van der Waals surface area contributed by atoms with Crippen LogP contribution in [0.25, 0.3) is 0 Å². The summed E-state index contributed by atoms with van der Waals surface area (Å²) in [6, 6.07) is 7.76. The molecule has 0 aliphatic heterocycles. The Morgan fingerprint density at radius 3 is 2.56 bits per heavy atom. The molecule has 0 fully saturated rings. The molecule has 0 spiro atoms. The van der Waals surface area contributed by atoms with E-state index in [1.54, 1.807) is 0 Å². The van der Waals surface area contributed by atoms with Crippen LogP contribution in [-0.2, 0) is 0 Å². The van der Waals surface area contributed by atoms with E-state index >= 15 is 0 Å². The van der Waals surface area contributed by atoms with Crippen LogP contribution in [0, 0.1) is 0 Å². The van der Waals surface area contributed by atoms with E-state index in [0.717, 1.165) is 24.3 Å². The van der Waals surface area contributed by atoms with Crippen LogP contribution >= 0.6 is 0 Å². The zero-order valence-electron chi connectivity index (χ0n) is 10.1. The molecule has 0 radical (unpaired) electrons. The van der Waals surface area contributed by atoms with Gasteiger partial charge in [-0.25, -0.2) is 0 Å². The van der Waals surface area contributed by atoms with Gasteiger partial charge in [0.25, 0.3) is 0 Å². The fourth-order valence-corrected chi connectivity index (χ4v) is 1.74. The smallest absolute Gasteiger partial charge is 0.164 e. The Morgan fingerprint density at radius 1 is 1.31 bits per heavy atom. The van der Waals surface area contributed by atoms with Crippen molar-refractivity contribution in [2.24, 2.45) is 5.73 Å². The van der Waals surface area contributed by atoms with Gasteiger partial charge < -0.3 is 10.6 Å². The van der Waals surface area contributed by atoms with Crippen LogP contribution in [0.3, 0.4) is 0 Å². The lowest BCUT2D eigenvalue weighted by atomic mass is 10.1. The van der Waals surface area contributed by atoms with Crippen LogP contribution < -0.4 is 10.6 Å². The van der Waals surface area contributed by atoms with Gasteiger partial charge in [-0.1, -0.05) is 12.1 Å². The Balaban J connectivity index is 2.89. The topological polar surface area (TPSA) is 46.3 Å². The molecule has 0 aliphatic rings. The number of hydrogen-bond donors (Lipinski definition) is 1. The van der Waals surface area contributed by atoms with Crippen molar-refractivity contribution in [2.45, 2.75) is 20.3 Å². The van der Waals surface area contributed by atoms with Gasteiger partial charge >= 0.3 is 0 Å². The SMILES string of the molecule is CCN(CC)c1cccc(C(=O)CCN)c1. The average Bonchev–Trinajstić information content (AvgIpc) is 2.31. The molecule has 1 aromatic carbocycles. The number of ketones is 1. The Hall–Kier alpha value is -1.35. The van der Waals surface area contributed by atoms with Crippen LogP contribution in [0.4, 0.5) is 5.69 Å². The molecule has 0 amide bonds. The lowest BCUT2D eigenvalue weighted by Crippen LogP contribution is -2.22. The minimum absolute atomic E-state index is 0.122. The Kier molecular flexibility index (Phi) is 4.99. The highest BCUT2D eigenvalue weighted by molar-refractivity contribution is 5.97. The second kappa shape index (κ2) is 6.28. The third kappa shape index (κ3) is 3.07. The highest BCUT2D eigenvalue weighted by Crippen LogP contribution is 2.16. The third-order valence-electron chi connectivity index (χ3n) is 2.67. The fourth-order valence-electron chi connectivity index (χ4n) is 1.74. The first-order valence-corrected chi connectivity index (χ1v) is 5.81. The van der Waals surface area contributed by atoms with Crippen molar-refractivity contribution in [3.8, 4) is 0 Å². The third-order valence-corrected chi connectivity index (χ3v) is 2.67. The number of rotatable bonds is 6. The van der Waals surface area contributed by atoms with E-state index in [4.69, 9.17) is 5.73 Å². The van der Waals surface area contributed by atoms with Crippen LogP contribution in [0.5, 0.6) is 0 Å². The number of carbonyl (C=O) groups is 1. The average molecular weight is 220 g/mol. The largest absolute Gasteiger partial charge is 0.372 e. The molecule has 0 saturated carbocycles. The Morgan fingerprint density at radius 2 is 2.00 bits per heavy atom. The molecule has 16 heavy (non-hydrogen) atoms. The summed E-state index contributed by atoms with van der Waals surface area (Å²) in [5.41, 5.74) is 7.25. The normalized spacial score (nSPS) is 10.2. The molecule has 3 nitrogen and oxygen atoms in total. The lowest BCUT2D eigenvalue weighted by Gasteiger charge is -2.21. The Bertz CT molecular complexity index is 346. The lowest BCUT2D eigenvalue weighted by molar-refractivity contribution is 0.0985. The summed E-state index contributed by atoms with van der Waals surface area (Å²) in [5, 5.41) is 0. The van der Waals surface area contributed by atoms with Gasteiger partial charge in [0.15, 0.2) is 5.78 Å². The zero-order valence-corrected chi connectivity index (χ0v) is 10.1. The fraction of sp³-hybridized carbons (Fsp3) is 0.462. The van der Waals surface area contributed by atoms with Crippen molar-refractivity contribution in [1.82, 2.24) is 0 Å². The number of hydrogen-bond acceptors (Lipinski definition) is 3. The molecule has 3 heteroatoms. The number of benzene rings is 1. The molecule has 1 rings (SSSR count). The van der Waals surface area contributed by atoms with Crippen LogP contribution in [-0.4, -0.2) is 25.4 Å². The maximum Gasteiger partial charge on any atom is 0.164 e. The van der Waals surface area contributed by atoms with Crippen LogP contribution in [0.15, 0.2) is 24.3 Å². The summed E-state index contributed by atoms with van der Waals surface area (Å²) in [4.78, 5) is 13.9. The first-order valence-electron chi connectivity index (χ1n) is 5.81. The van der Waals surface area contributed by atoms with Gasteiger partial charge in [-0.2, -0.15) is 0 Å². The van der Waals surface area contributed by atoms with Gasteiger partial charge in [0.2, 0.25) is 0 Å². The van der Waals surface area contributed by atoms with E-state index in [-0.39, 0.29) is 5.78 Å². The summed E-state index contributed by atoms with van der Waals surface area (Å²) in [7, 11) is 0. The minimum atomic E-state index is 0.122. The first kappa shape index (κ1) is 12.7. The monoisotopic (exact) mass is 220 g/mol. The summed E-state index contributed by atoms with van der Waals surface area (Å²) < 4.78 is 0. The number of nitrogens with zero attached hydrogens (tertiary/aromatic N) is 1. The maximum absolute atomic E-state index is 11.7. The second-order valence-electron chi connectivity index (χ2n) is 3.68. The maximum atomic E-state index is 11.7. The molecule has 2 N–H and O–H groups in total. The molecular formula is C13H20N2O. The standard InChI is InChI=1S/C13H20N2O/c1-3-15(4-2)12-7-5-6-11(10-12)13(16)8-9-14/h5-7,10H,3-4,8-9,14H2,1-2H3. The van der Waals surface area contributed by atoms with Crippen molar-refractivity contribution in [3.63, 3.8) is 0 Å². The molecule has 0 saturated heterocycles. The summed E-state index contributed by atoms with van der Waals surface area (Å²) in [6.07, 6.45) is 0.418. The van der Waals surface area contributed by atoms with Crippen LogP contribution in [0.2, 0.25) is 0 Å². The molecule has 88 valence electrons. The second-order valence-corrected chi connectivity index (χ2v) is 3.68. The number of Topliss-reactive ketones (excluding diaryl/α,β-unsaturated/α-hetero) is 1. The van der Waals surface area contributed by atoms with Gasteiger partial charge in [-0.05, 0) is 32.5 Å². The summed E-state index contributed by atoms with van der Waals surface area (Å²) in [6.45, 7) is 6.53. The molecule has 0 heterocycles. The number of carbonyl (C=O) groups excluding carboxylic acids is 1. The van der Waals surface area contributed by atoms with E-state index in [1.165, 1.54) is 0 Å². The molecule has 0 unspecified atom stereocenters. The summed E-state index contributed by atoms with van der Waals surface area (Å²) in [5.74, 6) is 0.122. The first-order chi connectivity index (χ1) is 7.72. The molecule has 0 bridgehead atoms. The molecule has 1 aromatic rings. The number of anilines is 1. The molecule has 0 atom stereocenters. The van der Waals surface area contributed by atoms with Crippen molar-refractivity contribution in [1.29, 1.82) is 0 Å².